The van der Waals surface area contributed by atoms with Crippen molar-refractivity contribution in [1.29, 1.82) is 0 Å². The van der Waals surface area contributed by atoms with Gasteiger partial charge in [-0.1, -0.05) is 127 Å². The topological polar surface area (TPSA) is 30.7 Å². The molecule has 0 amide bonds. The molecule has 2 heterocycles. The van der Waals surface area contributed by atoms with Crippen LogP contribution in [0.25, 0.3) is 83.0 Å². The molecule has 0 radical (unpaired) electrons. The number of nitrogens with zero attached hydrogens (tertiary/aromatic N) is 3. The highest BCUT2D eigenvalue weighted by molar-refractivity contribution is 6.22. The molecule has 2 aromatic heterocycles. The second-order valence-corrected chi connectivity index (χ2v) is 11.8. The van der Waals surface area contributed by atoms with Crippen molar-refractivity contribution in [3.8, 4) is 50.5 Å². The second kappa shape index (κ2) is 11.2. The van der Waals surface area contributed by atoms with E-state index >= 15 is 0 Å². The van der Waals surface area contributed by atoms with Crippen LogP contribution in [0.2, 0.25) is 0 Å². The molecule has 0 N–H and O–H groups in total. The van der Waals surface area contributed by atoms with Gasteiger partial charge in [0.15, 0.2) is 0 Å². The van der Waals surface area contributed by atoms with E-state index < -0.39 is 0 Å². The summed E-state index contributed by atoms with van der Waals surface area (Å²) in [6, 6.07) is 58.4. The third-order valence-corrected chi connectivity index (χ3v) is 9.13. The van der Waals surface area contributed by atoms with Gasteiger partial charge in [-0.3, -0.25) is 9.55 Å². The molecule has 3 nitrogen and oxygen atoms in total. The lowest BCUT2D eigenvalue weighted by atomic mass is 9.84. The molecule has 0 aliphatic heterocycles. The molecule has 3 heteroatoms. The van der Waals surface area contributed by atoms with Gasteiger partial charge in [-0.05, 0) is 91.3 Å². The molecule has 0 spiro atoms. The first-order chi connectivity index (χ1) is 23.3. The Morgan fingerprint density at radius 2 is 0.894 bits per heavy atom. The van der Waals surface area contributed by atoms with Crippen LogP contribution in [0.5, 0.6) is 0 Å². The van der Waals surface area contributed by atoms with E-state index in [1.807, 2.05) is 12.4 Å². The lowest BCUT2D eigenvalue weighted by Crippen LogP contribution is -1.99. The van der Waals surface area contributed by atoms with Crippen LogP contribution in [0.4, 0.5) is 0 Å². The van der Waals surface area contributed by atoms with Crippen molar-refractivity contribution in [2.24, 2.45) is 0 Å². The first-order valence-corrected chi connectivity index (χ1v) is 15.9. The molecule has 0 unspecified atom stereocenters. The largest absolute Gasteiger partial charge is 0.292 e. The van der Waals surface area contributed by atoms with Gasteiger partial charge in [0.25, 0.3) is 0 Å². The molecule has 220 valence electrons. The molecular formula is C44H29N3. The molecule has 0 saturated heterocycles. The van der Waals surface area contributed by atoms with Crippen LogP contribution in [0.15, 0.2) is 176 Å². The quantitative estimate of drug-likeness (QED) is 0.184. The van der Waals surface area contributed by atoms with Crippen molar-refractivity contribution in [3.05, 3.63) is 176 Å². The van der Waals surface area contributed by atoms with Gasteiger partial charge in [0, 0.05) is 23.6 Å². The summed E-state index contributed by atoms with van der Waals surface area (Å²) >= 11 is 0. The van der Waals surface area contributed by atoms with Crippen molar-refractivity contribution in [2.45, 2.75) is 0 Å². The summed E-state index contributed by atoms with van der Waals surface area (Å²) in [5.74, 6) is 0.928. The predicted octanol–water partition coefficient (Wildman–Crippen LogP) is 11.4. The van der Waals surface area contributed by atoms with Crippen LogP contribution in [-0.4, -0.2) is 14.5 Å². The van der Waals surface area contributed by atoms with E-state index in [1.165, 1.54) is 43.8 Å². The van der Waals surface area contributed by atoms with Gasteiger partial charge < -0.3 is 0 Å². The zero-order valence-electron chi connectivity index (χ0n) is 25.6. The molecule has 47 heavy (non-hydrogen) atoms. The van der Waals surface area contributed by atoms with Crippen LogP contribution in [0, 0.1) is 0 Å². The Labute approximate surface area is 273 Å². The van der Waals surface area contributed by atoms with Crippen molar-refractivity contribution in [1.82, 2.24) is 14.5 Å². The van der Waals surface area contributed by atoms with Crippen LogP contribution < -0.4 is 0 Å². The standard InChI is InChI=1S/C44H29N3/c1-2-12-33(13-3-1)47-41-21-11-10-20-40(41)46-44(47)39-19-9-8-18-38(39)43-36-16-6-4-14-34(36)42(35-15-5-7-17-37(35)43)32-24-22-30(23-25-32)31-26-28-45-29-27-31/h1-29H. The Morgan fingerprint density at radius 1 is 0.383 bits per heavy atom. The van der Waals surface area contributed by atoms with E-state index in [0.717, 1.165) is 39.2 Å². The highest BCUT2D eigenvalue weighted by Crippen LogP contribution is 2.46. The zero-order valence-corrected chi connectivity index (χ0v) is 25.6. The van der Waals surface area contributed by atoms with Gasteiger partial charge in [-0.2, -0.15) is 0 Å². The minimum Gasteiger partial charge on any atom is -0.292 e. The number of pyridine rings is 1. The lowest BCUT2D eigenvalue weighted by Gasteiger charge is -2.20. The van der Waals surface area contributed by atoms with Crippen LogP contribution >= 0.6 is 0 Å². The second-order valence-electron chi connectivity index (χ2n) is 11.8. The van der Waals surface area contributed by atoms with Gasteiger partial charge in [-0.15, -0.1) is 0 Å². The maximum atomic E-state index is 5.26. The zero-order chi connectivity index (χ0) is 31.2. The molecule has 0 saturated carbocycles. The maximum Gasteiger partial charge on any atom is 0.146 e. The smallest absolute Gasteiger partial charge is 0.146 e. The summed E-state index contributed by atoms with van der Waals surface area (Å²) in [7, 11) is 0. The predicted molar refractivity (Wildman–Crippen MR) is 196 cm³/mol. The Bertz CT molecular complexity index is 2490. The summed E-state index contributed by atoms with van der Waals surface area (Å²) in [5, 5.41) is 4.89. The van der Waals surface area contributed by atoms with E-state index in [0.29, 0.717) is 0 Å². The third-order valence-electron chi connectivity index (χ3n) is 9.13. The average Bonchev–Trinajstić information content (AvgIpc) is 3.54. The molecule has 7 aromatic carbocycles. The van der Waals surface area contributed by atoms with Gasteiger partial charge in [0.2, 0.25) is 0 Å². The van der Waals surface area contributed by atoms with E-state index in [9.17, 15) is 0 Å². The lowest BCUT2D eigenvalue weighted by molar-refractivity contribution is 1.10. The summed E-state index contributed by atoms with van der Waals surface area (Å²) < 4.78 is 2.29. The van der Waals surface area contributed by atoms with Crippen LogP contribution in [0.3, 0.4) is 0 Å². The van der Waals surface area contributed by atoms with Crippen LogP contribution in [0.1, 0.15) is 0 Å². The first-order valence-electron chi connectivity index (χ1n) is 15.9. The molecule has 0 bridgehead atoms. The highest BCUT2D eigenvalue weighted by Gasteiger charge is 2.22. The van der Waals surface area contributed by atoms with Gasteiger partial charge >= 0.3 is 0 Å². The highest BCUT2D eigenvalue weighted by atomic mass is 15.1. The van der Waals surface area contributed by atoms with Crippen molar-refractivity contribution in [3.63, 3.8) is 0 Å². The SMILES string of the molecule is c1ccc(-n2c(-c3ccccc3-c3c4ccccc4c(-c4ccc(-c5ccncc5)cc4)c4ccccc34)nc3ccccc32)cc1. The molecule has 0 aliphatic rings. The van der Waals surface area contributed by atoms with Gasteiger partial charge in [-0.25, -0.2) is 4.98 Å². The molecule has 9 aromatic rings. The number of imidazole rings is 1. The van der Waals surface area contributed by atoms with E-state index in [-0.39, 0.29) is 0 Å². The van der Waals surface area contributed by atoms with Crippen molar-refractivity contribution < 1.29 is 0 Å². The summed E-state index contributed by atoms with van der Waals surface area (Å²) in [5.41, 5.74) is 11.4. The number of para-hydroxylation sites is 3. The van der Waals surface area contributed by atoms with E-state index in [4.69, 9.17) is 4.98 Å². The Morgan fingerprint density at radius 3 is 1.57 bits per heavy atom. The van der Waals surface area contributed by atoms with Crippen molar-refractivity contribution >= 4 is 32.6 Å². The van der Waals surface area contributed by atoms with Crippen molar-refractivity contribution in [2.75, 3.05) is 0 Å². The fraction of sp³-hybridized carbons (Fsp3) is 0. The number of hydrogen-bond acceptors (Lipinski definition) is 2. The molecule has 0 fully saturated rings. The molecule has 0 atom stereocenters. The fourth-order valence-corrected chi connectivity index (χ4v) is 7.04. The van der Waals surface area contributed by atoms with Crippen LogP contribution in [-0.2, 0) is 0 Å². The number of aromatic nitrogens is 3. The summed E-state index contributed by atoms with van der Waals surface area (Å²) in [4.78, 5) is 9.45. The normalized spacial score (nSPS) is 11.4. The molecular weight excluding hydrogens is 571 g/mol. The van der Waals surface area contributed by atoms with E-state index in [2.05, 4.69) is 173 Å². The number of rotatable bonds is 5. The molecule has 9 rings (SSSR count). The minimum absolute atomic E-state index is 0.928. The fourth-order valence-electron chi connectivity index (χ4n) is 7.04. The minimum atomic E-state index is 0.928. The summed E-state index contributed by atoms with van der Waals surface area (Å²) in [6.45, 7) is 0. The number of benzene rings is 7. The Hall–Kier alpha value is -6.32. The average molecular weight is 600 g/mol. The number of hydrogen-bond donors (Lipinski definition) is 0. The van der Waals surface area contributed by atoms with E-state index in [1.54, 1.807) is 0 Å². The molecule has 0 aliphatic carbocycles. The summed E-state index contributed by atoms with van der Waals surface area (Å²) in [6.07, 6.45) is 3.69. The third kappa shape index (κ3) is 4.52. The maximum absolute atomic E-state index is 5.26. The Balaban J connectivity index is 1.32. The number of fused-ring (bicyclic) bond motifs is 3. The Kier molecular flexibility index (Phi) is 6.46. The van der Waals surface area contributed by atoms with Gasteiger partial charge in [0.1, 0.15) is 5.82 Å². The monoisotopic (exact) mass is 599 g/mol. The van der Waals surface area contributed by atoms with Gasteiger partial charge in [0.05, 0.1) is 11.0 Å². The first kappa shape index (κ1) is 27.0.